The highest BCUT2D eigenvalue weighted by molar-refractivity contribution is 6.29. The maximum atomic E-state index is 5.77. The van der Waals surface area contributed by atoms with E-state index in [9.17, 15) is 0 Å². The first-order valence-electron chi connectivity index (χ1n) is 4.63. The van der Waals surface area contributed by atoms with Crippen LogP contribution in [0, 0.1) is 5.92 Å². The van der Waals surface area contributed by atoms with Crippen molar-refractivity contribution < 1.29 is 0 Å². The molecular formula is C10H13ClN2. The molecule has 0 amide bonds. The first-order chi connectivity index (χ1) is 6.24. The molecule has 2 nitrogen and oxygen atoms in total. The lowest BCUT2D eigenvalue weighted by molar-refractivity contribution is 0.308. The van der Waals surface area contributed by atoms with E-state index in [4.69, 9.17) is 11.6 Å². The molecular weight excluding hydrogens is 184 g/mol. The summed E-state index contributed by atoms with van der Waals surface area (Å²) in [5, 5.41) is 3.91. The van der Waals surface area contributed by atoms with E-state index in [0.29, 0.717) is 11.2 Å². The smallest absolute Gasteiger partial charge is 0.131 e. The molecule has 1 N–H and O–H groups in total. The molecule has 0 spiro atoms. The number of pyridine rings is 1. The Morgan fingerprint density at radius 1 is 1.46 bits per heavy atom. The van der Waals surface area contributed by atoms with E-state index < -0.39 is 0 Å². The average Bonchev–Trinajstić information content (AvgIpc) is 2.01. The maximum absolute atomic E-state index is 5.77. The van der Waals surface area contributed by atoms with Crippen LogP contribution in [0.3, 0.4) is 0 Å². The van der Waals surface area contributed by atoms with E-state index in [0.717, 1.165) is 11.7 Å². The zero-order valence-electron chi connectivity index (χ0n) is 7.63. The summed E-state index contributed by atoms with van der Waals surface area (Å²) < 4.78 is 0. The minimum Gasteiger partial charge on any atom is -0.367 e. The lowest BCUT2D eigenvalue weighted by Crippen LogP contribution is -2.34. The van der Waals surface area contributed by atoms with Crippen LogP contribution >= 0.6 is 11.6 Å². The van der Waals surface area contributed by atoms with E-state index >= 15 is 0 Å². The molecule has 1 aliphatic rings. The van der Waals surface area contributed by atoms with Crippen molar-refractivity contribution >= 4 is 17.4 Å². The molecule has 1 heterocycles. The lowest BCUT2D eigenvalue weighted by Gasteiger charge is -2.33. The van der Waals surface area contributed by atoms with Gasteiger partial charge < -0.3 is 5.32 Å². The van der Waals surface area contributed by atoms with E-state index in [2.05, 4.69) is 17.2 Å². The summed E-state index contributed by atoms with van der Waals surface area (Å²) in [6.07, 6.45) is 2.49. The molecule has 0 aliphatic heterocycles. The molecule has 1 aromatic heterocycles. The molecule has 0 atom stereocenters. The quantitative estimate of drug-likeness (QED) is 0.736. The number of nitrogens with one attached hydrogen (secondary N) is 1. The minimum absolute atomic E-state index is 0.553. The summed E-state index contributed by atoms with van der Waals surface area (Å²) >= 11 is 5.77. The number of nitrogens with zero attached hydrogens (tertiary/aromatic N) is 1. The van der Waals surface area contributed by atoms with Gasteiger partial charge in [0.1, 0.15) is 11.0 Å². The van der Waals surface area contributed by atoms with Crippen LogP contribution in [0.1, 0.15) is 19.8 Å². The summed E-state index contributed by atoms with van der Waals surface area (Å²) in [5.74, 6) is 1.75. The van der Waals surface area contributed by atoms with Crippen LogP contribution in [0.2, 0.25) is 5.15 Å². The standard InChI is InChI=1S/C10H13ClN2/c1-7-5-8(6-7)12-10-4-2-3-9(11)13-10/h2-4,7-8H,5-6H2,1H3,(H,12,13). The zero-order chi connectivity index (χ0) is 9.26. The lowest BCUT2D eigenvalue weighted by atomic mass is 9.82. The summed E-state index contributed by atoms with van der Waals surface area (Å²) in [6, 6.07) is 6.26. The molecule has 70 valence electrons. The Morgan fingerprint density at radius 2 is 2.23 bits per heavy atom. The molecule has 0 unspecified atom stereocenters. The monoisotopic (exact) mass is 196 g/mol. The summed E-state index contributed by atoms with van der Waals surface area (Å²) in [5.41, 5.74) is 0. The topological polar surface area (TPSA) is 24.9 Å². The van der Waals surface area contributed by atoms with Crippen LogP contribution in [0.5, 0.6) is 0 Å². The molecule has 1 saturated carbocycles. The second-order valence-electron chi connectivity index (χ2n) is 3.76. The third kappa shape index (κ3) is 2.13. The van der Waals surface area contributed by atoms with E-state index in [1.165, 1.54) is 12.8 Å². The van der Waals surface area contributed by atoms with Gasteiger partial charge in [-0.05, 0) is 30.9 Å². The number of halogens is 1. The predicted molar refractivity (Wildman–Crippen MR) is 55.1 cm³/mol. The third-order valence-electron chi connectivity index (χ3n) is 2.44. The van der Waals surface area contributed by atoms with Gasteiger partial charge in [0.15, 0.2) is 0 Å². The molecule has 13 heavy (non-hydrogen) atoms. The van der Waals surface area contributed by atoms with E-state index in [1.54, 1.807) is 6.07 Å². The predicted octanol–water partition coefficient (Wildman–Crippen LogP) is 2.95. The van der Waals surface area contributed by atoms with Crippen molar-refractivity contribution in [1.29, 1.82) is 0 Å². The van der Waals surface area contributed by atoms with Crippen molar-refractivity contribution in [2.45, 2.75) is 25.8 Å². The van der Waals surface area contributed by atoms with Gasteiger partial charge in [-0.3, -0.25) is 0 Å². The molecule has 0 radical (unpaired) electrons. The van der Waals surface area contributed by atoms with Gasteiger partial charge in [-0.1, -0.05) is 24.6 Å². The molecule has 0 aromatic carbocycles. The number of hydrogen-bond donors (Lipinski definition) is 1. The Kier molecular flexibility index (Phi) is 2.40. The van der Waals surface area contributed by atoms with Crippen LogP contribution in [0.25, 0.3) is 0 Å². The molecule has 3 heteroatoms. The van der Waals surface area contributed by atoms with Gasteiger partial charge in [0, 0.05) is 6.04 Å². The zero-order valence-corrected chi connectivity index (χ0v) is 8.38. The van der Waals surface area contributed by atoms with Gasteiger partial charge in [0.2, 0.25) is 0 Å². The van der Waals surface area contributed by atoms with Crippen LogP contribution < -0.4 is 5.32 Å². The highest BCUT2D eigenvalue weighted by Crippen LogP contribution is 2.28. The highest BCUT2D eigenvalue weighted by atomic mass is 35.5. The van der Waals surface area contributed by atoms with Crippen molar-refractivity contribution in [1.82, 2.24) is 4.98 Å². The maximum Gasteiger partial charge on any atom is 0.131 e. The molecule has 2 rings (SSSR count). The van der Waals surface area contributed by atoms with Gasteiger partial charge in [-0.15, -0.1) is 0 Å². The van der Waals surface area contributed by atoms with Crippen molar-refractivity contribution in [2.24, 2.45) is 5.92 Å². The van der Waals surface area contributed by atoms with Crippen LogP contribution in [0.15, 0.2) is 18.2 Å². The summed E-state index contributed by atoms with van der Waals surface area (Å²) in [6.45, 7) is 2.27. The molecule has 1 aliphatic carbocycles. The number of rotatable bonds is 2. The van der Waals surface area contributed by atoms with Crippen LogP contribution in [-0.2, 0) is 0 Å². The number of aromatic nitrogens is 1. The van der Waals surface area contributed by atoms with Gasteiger partial charge in [-0.2, -0.15) is 0 Å². The molecule has 1 fully saturated rings. The molecule has 0 bridgehead atoms. The van der Waals surface area contributed by atoms with Crippen molar-refractivity contribution in [2.75, 3.05) is 5.32 Å². The first kappa shape index (κ1) is 8.82. The Bertz CT molecular complexity index is 295. The average molecular weight is 197 g/mol. The van der Waals surface area contributed by atoms with Crippen molar-refractivity contribution in [3.63, 3.8) is 0 Å². The minimum atomic E-state index is 0.553. The Balaban J connectivity index is 1.94. The summed E-state index contributed by atoms with van der Waals surface area (Å²) in [4.78, 5) is 4.17. The molecule has 1 aromatic rings. The van der Waals surface area contributed by atoms with Gasteiger partial charge in [-0.25, -0.2) is 4.98 Å². The van der Waals surface area contributed by atoms with Crippen molar-refractivity contribution in [3.8, 4) is 0 Å². The third-order valence-corrected chi connectivity index (χ3v) is 2.65. The Labute approximate surface area is 83.3 Å². The fourth-order valence-corrected chi connectivity index (χ4v) is 1.88. The number of anilines is 1. The van der Waals surface area contributed by atoms with Crippen LogP contribution in [-0.4, -0.2) is 11.0 Å². The van der Waals surface area contributed by atoms with E-state index in [1.807, 2.05) is 12.1 Å². The Hall–Kier alpha value is -0.760. The first-order valence-corrected chi connectivity index (χ1v) is 5.01. The normalized spacial score (nSPS) is 26.6. The van der Waals surface area contributed by atoms with Gasteiger partial charge >= 0.3 is 0 Å². The highest BCUT2D eigenvalue weighted by Gasteiger charge is 2.25. The van der Waals surface area contributed by atoms with Gasteiger partial charge in [0.25, 0.3) is 0 Å². The second kappa shape index (κ2) is 3.54. The fourth-order valence-electron chi connectivity index (χ4n) is 1.72. The number of hydrogen-bond acceptors (Lipinski definition) is 2. The van der Waals surface area contributed by atoms with E-state index in [-0.39, 0.29) is 0 Å². The summed E-state index contributed by atoms with van der Waals surface area (Å²) in [7, 11) is 0. The largest absolute Gasteiger partial charge is 0.367 e. The second-order valence-corrected chi connectivity index (χ2v) is 4.15. The van der Waals surface area contributed by atoms with Crippen molar-refractivity contribution in [3.05, 3.63) is 23.4 Å². The Morgan fingerprint density at radius 3 is 2.85 bits per heavy atom. The molecule has 0 saturated heterocycles. The fraction of sp³-hybridized carbons (Fsp3) is 0.500. The van der Waals surface area contributed by atoms with Crippen LogP contribution in [0.4, 0.5) is 5.82 Å². The SMILES string of the molecule is CC1CC(Nc2cccc(Cl)n2)C1. The van der Waals surface area contributed by atoms with Gasteiger partial charge in [0.05, 0.1) is 0 Å².